The Labute approximate surface area is 286 Å². The highest BCUT2D eigenvalue weighted by Crippen LogP contribution is 2.48. The second-order valence-corrected chi connectivity index (χ2v) is 13.4. The van der Waals surface area contributed by atoms with Crippen molar-refractivity contribution in [3.8, 4) is 45.0 Å². The van der Waals surface area contributed by atoms with Gasteiger partial charge in [0.2, 0.25) is 0 Å². The van der Waals surface area contributed by atoms with Gasteiger partial charge >= 0.3 is 0 Å². The number of aromatic nitrogens is 3. The summed E-state index contributed by atoms with van der Waals surface area (Å²) in [6.07, 6.45) is 0. The summed E-state index contributed by atoms with van der Waals surface area (Å²) in [5.41, 5.74) is 9.34. The predicted molar refractivity (Wildman–Crippen MR) is 207 cm³/mol. The number of hydrogen-bond donors (Lipinski definition) is 0. The van der Waals surface area contributed by atoms with E-state index in [4.69, 9.17) is 15.0 Å². The summed E-state index contributed by atoms with van der Waals surface area (Å²) in [7, 11) is 0. The number of para-hydroxylation sites is 2. The molecule has 49 heavy (non-hydrogen) atoms. The summed E-state index contributed by atoms with van der Waals surface area (Å²) in [4.78, 5) is 15.8. The standard InChI is InChI=1S/C45H27N3S/c1-3-13-28(14-4-1)29-23-25-31(26-24-29)45-47-38-21-11-8-18-33(38)43(48-45)36-27-35-40(41-34-19-9-12-22-39(34)49-44(36)41)32-17-7-10-20-37(32)46-42(35)30-15-5-2-6-16-30/h1-27H. The zero-order valence-electron chi connectivity index (χ0n) is 26.3. The first-order chi connectivity index (χ1) is 24.3. The van der Waals surface area contributed by atoms with E-state index in [0.29, 0.717) is 5.82 Å². The molecule has 0 fully saturated rings. The smallest absolute Gasteiger partial charge is 0.160 e. The van der Waals surface area contributed by atoms with Gasteiger partial charge < -0.3 is 0 Å². The molecule has 0 bridgehead atoms. The molecule has 0 saturated carbocycles. The molecule has 0 aliphatic heterocycles. The maximum Gasteiger partial charge on any atom is 0.160 e. The van der Waals surface area contributed by atoms with E-state index in [1.807, 2.05) is 17.4 Å². The van der Waals surface area contributed by atoms with Gasteiger partial charge in [0.1, 0.15) is 0 Å². The molecular formula is C45H27N3S. The second-order valence-electron chi connectivity index (χ2n) is 12.3. The van der Waals surface area contributed by atoms with Crippen LogP contribution in [0.4, 0.5) is 0 Å². The number of nitrogens with zero attached hydrogens (tertiary/aromatic N) is 3. The van der Waals surface area contributed by atoms with E-state index in [-0.39, 0.29) is 0 Å². The lowest BCUT2D eigenvalue weighted by atomic mass is 9.92. The summed E-state index contributed by atoms with van der Waals surface area (Å²) in [6, 6.07) is 57.6. The average molecular weight is 642 g/mol. The fraction of sp³-hybridized carbons (Fsp3) is 0. The molecule has 228 valence electrons. The van der Waals surface area contributed by atoms with Gasteiger partial charge in [0.25, 0.3) is 0 Å². The highest BCUT2D eigenvalue weighted by atomic mass is 32.1. The van der Waals surface area contributed by atoms with Crippen molar-refractivity contribution in [3.05, 3.63) is 164 Å². The number of rotatable bonds is 4. The van der Waals surface area contributed by atoms with Crippen molar-refractivity contribution >= 4 is 64.1 Å². The molecule has 0 radical (unpaired) electrons. The first kappa shape index (κ1) is 27.8. The van der Waals surface area contributed by atoms with E-state index >= 15 is 0 Å². The third-order valence-corrected chi connectivity index (χ3v) is 10.7. The van der Waals surface area contributed by atoms with Gasteiger partial charge in [-0.1, -0.05) is 140 Å². The van der Waals surface area contributed by atoms with Crippen LogP contribution in [0.25, 0.3) is 97.8 Å². The summed E-state index contributed by atoms with van der Waals surface area (Å²) in [6.45, 7) is 0. The molecule has 0 aliphatic carbocycles. The first-order valence-corrected chi connectivity index (χ1v) is 17.3. The van der Waals surface area contributed by atoms with E-state index in [0.717, 1.165) is 55.3 Å². The molecule has 0 amide bonds. The summed E-state index contributed by atoms with van der Waals surface area (Å²) in [5.74, 6) is 0.711. The molecular weight excluding hydrogens is 615 g/mol. The molecule has 7 aromatic carbocycles. The van der Waals surface area contributed by atoms with Gasteiger partial charge in [0.15, 0.2) is 5.82 Å². The lowest BCUT2D eigenvalue weighted by molar-refractivity contribution is 1.23. The Morgan fingerprint density at radius 1 is 0.367 bits per heavy atom. The second kappa shape index (κ2) is 11.2. The Morgan fingerprint density at radius 3 is 1.69 bits per heavy atom. The number of pyridine rings is 1. The van der Waals surface area contributed by atoms with Crippen LogP contribution in [0.15, 0.2) is 164 Å². The van der Waals surface area contributed by atoms with Crippen LogP contribution < -0.4 is 0 Å². The molecule has 10 rings (SSSR count). The van der Waals surface area contributed by atoms with E-state index in [1.54, 1.807) is 0 Å². The lowest BCUT2D eigenvalue weighted by Crippen LogP contribution is -1.97. The zero-order chi connectivity index (χ0) is 32.3. The lowest BCUT2D eigenvalue weighted by Gasteiger charge is -2.15. The Kier molecular flexibility index (Phi) is 6.36. The third kappa shape index (κ3) is 4.53. The average Bonchev–Trinajstić information content (AvgIpc) is 3.57. The Morgan fingerprint density at radius 2 is 0.939 bits per heavy atom. The van der Waals surface area contributed by atoms with E-state index < -0.39 is 0 Å². The zero-order valence-corrected chi connectivity index (χ0v) is 27.2. The maximum atomic E-state index is 5.41. The fourth-order valence-corrected chi connectivity index (χ4v) is 8.40. The van der Waals surface area contributed by atoms with Gasteiger partial charge in [0.05, 0.1) is 22.4 Å². The van der Waals surface area contributed by atoms with Crippen molar-refractivity contribution in [1.82, 2.24) is 15.0 Å². The molecule has 4 heteroatoms. The quantitative estimate of drug-likeness (QED) is 0.180. The summed E-state index contributed by atoms with van der Waals surface area (Å²) < 4.78 is 2.47. The van der Waals surface area contributed by atoms with Gasteiger partial charge in [-0.25, -0.2) is 15.0 Å². The Hall–Kier alpha value is -6.23. The molecule has 3 heterocycles. The van der Waals surface area contributed by atoms with E-state index in [1.165, 1.54) is 36.7 Å². The van der Waals surface area contributed by atoms with Crippen LogP contribution in [0.1, 0.15) is 0 Å². The van der Waals surface area contributed by atoms with Crippen molar-refractivity contribution in [2.24, 2.45) is 0 Å². The minimum Gasteiger partial charge on any atom is -0.247 e. The van der Waals surface area contributed by atoms with Crippen molar-refractivity contribution < 1.29 is 0 Å². The minimum absolute atomic E-state index is 0.711. The number of benzene rings is 7. The van der Waals surface area contributed by atoms with Crippen LogP contribution in [-0.4, -0.2) is 15.0 Å². The van der Waals surface area contributed by atoms with Crippen molar-refractivity contribution in [3.63, 3.8) is 0 Å². The van der Waals surface area contributed by atoms with Gasteiger partial charge in [-0.2, -0.15) is 0 Å². The molecule has 0 spiro atoms. The molecule has 0 unspecified atom stereocenters. The van der Waals surface area contributed by atoms with Crippen molar-refractivity contribution in [1.29, 1.82) is 0 Å². The normalized spacial score (nSPS) is 11.7. The molecule has 0 N–H and O–H groups in total. The first-order valence-electron chi connectivity index (χ1n) is 16.5. The highest BCUT2D eigenvalue weighted by molar-refractivity contribution is 7.26. The molecule has 0 atom stereocenters. The van der Waals surface area contributed by atoms with Crippen molar-refractivity contribution in [2.75, 3.05) is 0 Å². The van der Waals surface area contributed by atoms with E-state index in [2.05, 4.69) is 158 Å². The van der Waals surface area contributed by atoms with Crippen LogP contribution in [0.5, 0.6) is 0 Å². The number of thiophene rings is 1. The fourth-order valence-electron chi connectivity index (χ4n) is 7.18. The Balaban J connectivity index is 1.31. The van der Waals surface area contributed by atoms with Crippen LogP contribution in [0, 0.1) is 0 Å². The summed E-state index contributed by atoms with van der Waals surface area (Å²) in [5, 5.41) is 7.03. The number of fused-ring (bicyclic) bond motifs is 8. The van der Waals surface area contributed by atoms with E-state index in [9.17, 15) is 0 Å². The van der Waals surface area contributed by atoms with Crippen LogP contribution in [-0.2, 0) is 0 Å². The van der Waals surface area contributed by atoms with Gasteiger partial charge in [-0.15, -0.1) is 11.3 Å². The predicted octanol–water partition coefficient (Wildman–Crippen LogP) is 12.4. The van der Waals surface area contributed by atoms with Crippen molar-refractivity contribution in [2.45, 2.75) is 0 Å². The Bertz CT molecular complexity index is 2860. The molecule has 10 aromatic rings. The third-order valence-electron chi connectivity index (χ3n) is 9.46. The van der Waals surface area contributed by atoms with Crippen LogP contribution >= 0.6 is 11.3 Å². The monoisotopic (exact) mass is 641 g/mol. The largest absolute Gasteiger partial charge is 0.247 e. The molecule has 0 aliphatic rings. The van der Waals surface area contributed by atoms with Gasteiger partial charge in [0, 0.05) is 58.4 Å². The summed E-state index contributed by atoms with van der Waals surface area (Å²) >= 11 is 1.84. The minimum atomic E-state index is 0.711. The molecule has 0 saturated heterocycles. The topological polar surface area (TPSA) is 38.7 Å². The van der Waals surface area contributed by atoms with Gasteiger partial charge in [-0.05, 0) is 35.4 Å². The number of hydrogen-bond acceptors (Lipinski definition) is 4. The maximum absolute atomic E-state index is 5.41. The van der Waals surface area contributed by atoms with Gasteiger partial charge in [-0.3, -0.25) is 0 Å². The highest BCUT2D eigenvalue weighted by Gasteiger charge is 2.22. The van der Waals surface area contributed by atoms with Crippen LogP contribution in [0.2, 0.25) is 0 Å². The molecule has 3 aromatic heterocycles. The van der Waals surface area contributed by atoms with Crippen LogP contribution in [0.3, 0.4) is 0 Å². The molecule has 3 nitrogen and oxygen atoms in total. The SMILES string of the molecule is c1ccc(-c2ccc(-c3nc(-c4cc5c(-c6ccccc6)nc6ccccc6c5c5c4sc4ccccc45)c4ccccc4n3)cc2)cc1.